The fraction of sp³-hybridized carbons (Fsp3) is 0.308. The van der Waals surface area contributed by atoms with Gasteiger partial charge in [-0.05, 0) is 25.1 Å². The third kappa shape index (κ3) is 1.97. The minimum absolute atomic E-state index is 0.155. The summed E-state index contributed by atoms with van der Waals surface area (Å²) < 4.78 is 18.2. The monoisotopic (exact) mass is 248 g/mol. The van der Waals surface area contributed by atoms with Crippen LogP contribution >= 0.6 is 0 Å². The van der Waals surface area contributed by atoms with E-state index in [1.54, 1.807) is 6.07 Å². The minimum atomic E-state index is -0.371. The van der Waals surface area contributed by atoms with Gasteiger partial charge in [0, 0.05) is 24.0 Å². The van der Waals surface area contributed by atoms with Crippen LogP contribution in [-0.4, -0.2) is 25.0 Å². The second-order valence-electron chi connectivity index (χ2n) is 4.45. The molecular formula is C13H13FN2O2. The van der Waals surface area contributed by atoms with Crippen molar-refractivity contribution in [2.75, 3.05) is 13.1 Å². The predicted octanol–water partition coefficient (Wildman–Crippen LogP) is 1.66. The molecule has 0 saturated carbocycles. The standard InChI is InChI=1S/C13H13FN2O2/c14-8-1-2-10-11(7-18-12(10)5-8)13(17)16-9-3-4-15-6-9/h1-2,5,7,9,15H,3-4,6H2,(H,16,17)/t9-/m0/s1. The van der Waals surface area contributed by atoms with Crippen molar-refractivity contribution in [3.8, 4) is 0 Å². The fourth-order valence-corrected chi connectivity index (χ4v) is 2.22. The summed E-state index contributed by atoms with van der Waals surface area (Å²) in [6.07, 6.45) is 2.30. The summed E-state index contributed by atoms with van der Waals surface area (Å²) in [7, 11) is 0. The van der Waals surface area contributed by atoms with E-state index in [9.17, 15) is 9.18 Å². The molecule has 2 aromatic rings. The summed E-state index contributed by atoms with van der Waals surface area (Å²) in [4.78, 5) is 12.1. The summed E-state index contributed by atoms with van der Waals surface area (Å²) in [5.41, 5.74) is 0.849. The van der Waals surface area contributed by atoms with Crippen LogP contribution in [-0.2, 0) is 0 Å². The minimum Gasteiger partial charge on any atom is -0.463 e. The molecule has 2 heterocycles. The second-order valence-corrected chi connectivity index (χ2v) is 4.45. The molecule has 1 aliphatic rings. The van der Waals surface area contributed by atoms with E-state index in [1.165, 1.54) is 18.4 Å². The lowest BCUT2D eigenvalue weighted by Crippen LogP contribution is -2.36. The summed E-state index contributed by atoms with van der Waals surface area (Å²) in [6, 6.07) is 4.33. The first kappa shape index (κ1) is 11.2. The maximum absolute atomic E-state index is 13.0. The van der Waals surface area contributed by atoms with Crippen molar-refractivity contribution in [2.24, 2.45) is 0 Å². The molecule has 1 aliphatic heterocycles. The Hall–Kier alpha value is -1.88. The molecule has 1 fully saturated rings. The van der Waals surface area contributed by atoms with Crippen molar-refractivity contribution < 1.29 is 13.6 Å². The van der Waals surface area contributed by atoms with Crippen LogP contribution in [0.2, 0.25) is 0 Å². The molecule has 94 valence electrons. The lowest BCUT2D eigenvalue weighted by Gasteiger charge is -2.09. The molecule has 18 heavy (non-hydrogen) atoms. The van der Waals surface area contributed by atoms with E-state index in [4.69, 9.17) is 4.42 Å². The largest absolute Gasteiger partial charge is 0.463 e. The van der Waals surface area contributed by atoms with Gasteiger partial charge in [-0.2, -0.15) is 0 Å². The Labute approximate surface area is 103 Å². The van der Waals surface area contributed by atoms with E-state index < -0.39 is 0 Å². The highest BCUT2D eigenvalue weighted by atomic mass is 19.1. The third-order valence-electron chi connectivity index (χ3n) is 3.18. The SMILES string of the molecule is O=C(N[C@H]1CCNC1)c1coc2cc(F)ccc12. The number of nitrogens with one attached hydrogen (secondary N) is 2. The van der Waals surface area contributed by atoms with Gasteiger partial charge in [-0.15, -0.1) is 0 Å². The van der Waals surface area contributed by atoms with Crippen LogP contribution in [0.5, 0.6) is 0 Å². The molecule has 1 amide bonds. The Morgan fingerprint density at radius 2 is 2.39 bits per heavy atom. The van der Waals surface area contributed by atoms with E-state index in [1.807, 2.05) is 0 Å². The number of carbonyl (C=O) groups is 1. The van der Waals surface area contributed by atoms with Gasteiger partial charge < -0.3 is 15.1 Å². The van der Waals surface area contributed by atoms with Crippen molar-refractivity contribution in [3.63, 3.8) is 0 Å². The Bertz CT molecular complexity index is 588. The highest BCUT2D eigenvalue weighted by Gasteiger charge is 2.20. The number of hydrogen-bond donors (Lipinski definition) is 2. The second kappa shape index (κ2) is 4.42. The number of halogens is 1. The van der Waals surface area contributed by atoms with Crippen LogP contribution in [0, 0.1) is 5.82 Å². The molecule has 0 bridgehead atoms. The molecule has 3 rings (SSSR count). The van der Waals surface area contributed by atoms with Gasteiger partial charge in [0.1, 0.15) is 17.7 Å². The van der Waals surface area contributed by atoms with Crippen LogP contribution in [0.4, 0.5) is 4.39 Å². The molecule has 5 heteroatoms. The number of rotatable bonds is 2. The molecule has 0 radical (unpaired) electrons. The van der Waals surface area contributed by atoms with Crippen molar-refractivity contribution in [2.45, 2.75) is 12.5 Å². The molecular weight excluding hydrogens is 235 g/mol. The Balaban J connectivity index is 1.86. The van der Waals surface area contributed by atoms with Crippen molar-refractivity contribution in [1.29, 1.82) is 0 Å². The van der Waals surface area contributed by atoms with Crippen LogP contribution < -0.4 is 10.6 Å². The zero-order chi connectivity index (χ0) is 12.5. The maximum atomic E-state index is 13.0. The van der Waals surface area contributed by atoms with Crippen LogP contribution in [0.1, 0.15) is 16.8 Å². The Morgan fingerprint density at radius 3 is 3.17 bits per heavy atom. The topological polar surface area (TPSA) is 54.3 Å². The average Bonchev–Trinajstić information content (AvgIpc) is 2.97. The third-order valence-corrected chi connectivity index (χ3v) is 3.18. The van der Waals surface area contributed by atoms with Gasteiger partial charge in [0.25, 0.3) is 5.91 Å². The van der Waals surface area contributed by atoms with E-state index in [-0.39, 0.29) is 17.8 Å². The molecule has 2 N–H and O–H groups in total. The van der Waals surface area contributed by atoms with Gasteiger partial charge in [0.15, 0.2) is 0 Å². The van der Waals surface area contributed by atoms with Crippen molar-refractivity contribution >= 4 is 16.9 Å². The highest BCUT2D eigenvalue weighted by Crippen LogP contribution is 2.22. The van der Waals surface area contributed by atoms with Gasteiger partial charge in [0.2, 0.25) is 0 Å². The molecule has 1 aromatic carbocycles. The molecule has 0 spiro atoms. The van der Waals surface area contributed by atoms with E-state index >= 15 is 0 Å². The Kier molecular flexibility index (Phi) is 2.76. The van der Waals surface area contributed by atoms with E-state index in [2.05, 4.69) is 10.6 Å². The molecule has 0 unspecified atom stereocenters. The van der Waals surface area contributed by atoms with Gasteiger partial charge in [-0.3, -0.25) is 4.79 Å². The number of hydrogen-bond acceptors (Lipinski definition) is 3. The van der Waals surface area contributed by atoms with E-state index in [0.29, 0.717) is 16.5 Å². The van der Waals surface area contributed by atoms with Gasteiger partial charge in [-0.1, -0.05) is 0 Å². The first-order valence-corrected chi connectivity index (χ1v) is 5.92. The van der Waals surface area contributed by atoms with Crippen molar-refractivity contribution in [3.05, 3.63) is 35.8 Å². The normalized spacial score (nSPS) is 19.3. The number of carbonyl (C=O) groups excluding carboxylic acids is 1. The number of furan rings is 1. The smallest absolute Gasteiger partial charge is 0.255 e. The first-order valence-electron chi connectivity index (χ1n) is 5.92. The fourth-order valence-electron chi connectivity index (χ4n) is 2.22. The quantitative estimate of drug-likeness (QED) is 0.850. The molecule has 0 aliphatic carbocycles. The van der Waals surface area contributed by atoms with E-state index in [0.717, 1.165) is 19.5 Å². The van der Waals surface area contributed by atoms with Crippen LogP contribution in [0.25, 0.3) is 11.0 Å². The molecule has 1 atom stereocenters. The summed E-state index contributed by atoms with van der Waals surface area (Å²) >= 11 is 0. The van der Waals surface area contributed by atoms with Crippen molar-refractivity contribution in [1.82, 2.24) is 10.6 Å². The zero-order valence-corrected chi connectivity index (χ0v) is 9.70. The zero-order valence-electron chi connectivity index (χ0n) is 9.70. The summed E-state index contributed by atoms with van der Waals surface area (Å²) in [5.74, 6) is -0.544. The number of fused-ring (bicyclic) bond motifs is 1. The molecule has 4 nitrogen and oxygen atoms in total. The summed E-state index contributed by atoms with van der Waals surface area (Å²) in [5, 5.41) is 6.75. The predicted molar refractivity (Wildman–Crippen MR) is 64.9 cm³/mol. The molecule has 1 aromatic heterocycles. The lowest BCUT2D eigenvalue weighted by atomic mass is 10.1. The van der Waals surface area contributed by atoms with Gasteiger partial charge in [0.05, 0.1) is 5.56 Å². The molecule has 1 saturated heterocycles. The lowest BCUT2D eigenvalue weighted by molar-refractivity contribution is 0.0941. The first-order chi connectivity index (χ1) is 8.74. The maximum Gasteiger partial charge on any atom is 0.255 e. The van der Waals surface area contributed by atoms with Gasteiger partial charge >= 0.3 is 0 Å². The highest BCUT2D eigenvalue weighted by molar-refractivity contribution is 6.06. The van der Waals surface area contributed by atoms with Crippen LogP contribution in [0.15, 0.2) is 28.9 Å². The number of benzene rings is 1. The average molecular weight is 248 g/mol. The Morgan fingerprint density at radius 1 is 1.50 bits per heavy atom. The van der Waals surface area contributed by atoms with Crippen LogP contribution in [0.3, 0.4) is 0 Å². The van der Waals surface area contributed by atoms with Gasteiger partial charge in [-0.25, -0.2) is 4.39 Å². The number of amides is 1. The summed E-state index contributed by atoms with van der Waals surface area (Å²) in [6.45, 7) is 1.71.